The van der Waals surface area contributed by atoms with E-state index in [9.17, 15) is 18.8 Å². The van der Waals surface area contributed by atoms with Crippen LogP contribution in [0.15, 0.2) is 107 Å². The van der Waals surface area contributed by atoms with Gasteiger partial charge in [0, 0.05) is 4.47 Å². The minimum Gasteiger partial charge on any atom is -0.489 e. The Morgan fingerprint density at radius 3 is 2.31 bits per heavy atom. The predicted octanol–water partition coefficient (Wildman–Crippen LogP) is 6.42. The van der Waals surface area contributed by atoms with Crippen molar-refractivity contribution in [2.24, 2.45) is 0 Å². The lowest BCUT2D eigenvalue weighted by Gasteiger charge is -2.26. The molecule has 6 nitrogen and oxygen atoms in total. The van der Waals surface area contributed by atoms with Gasteiger partial charge in [0.15, 0.2) is 0 Å². The summed E-state index contributed by atoms with van der Waals surface area (Å²) in [6.07, 6.45) is 1.94. The van der Waals surface area contributed by atoms with E-state index < -0.39 is 17.8 Å². The molecule has 0 saturated carbocycles. The second kappa shape index (κ2) is 11.4. The molecule has 1 N–H and O–H groups in total. The van der Waals surface area contributed by atoms with Crippen LogP contribution in [0.25, 0.3) is 6.08 Å². The first kappa shape index (κ1) is 26.1. The van der Waals surface area contributed by atoms with Crippen molar-refractivity contribution in [3.63, 3.8) is 0 Å². The molecule has 5 rings (SSSR count). The Hall–Kier alpha value is -4.56. The Balaban J connectivity index is 1.33. The fraction of sp³-hybridized carbons (Fsp3) is 0.0645. The van der Waals surface area contributed by atoms with Crippen LogP contribution in [0.2, 0.25) is 0 Å². The molecule has 1 aliphatic rings. The molecule has 0 aromatic heterocycles. The van der Waals surface area contributed by atoms with Gasteiger partial charge in [0.25, 0.3) is 11.8 Å². The maximum atomic E-state index is 13.5. The van der Waals surface area contributed by atoms with E-state index in [1.807, 2.05) is 42.5 Å². The first-order valence-electron chi connectivity index (χ1n) is 12.1. The highest BCUT2D eigenvalue weighted by atomic mass is 79.9. The molecule has 0 spiro atoms. The molecule has 194 valence electrons. The van der Waals surface area contributed by atoms with Gasteiger partial charge in [0.2, 0.25) is 0 Å². The summed E-state index contributed by atoms with van der Waals surface area (Å²) in [5.74, 6) is -1.24. The summed E-state index contributed by atoms with van der Waals surface area (Å²) >= 11 is 3.53. The molecule has 0 radical (unpaired) electrons. The van der Waals surface area contributed by atoms with E-state index in [1.54, 1.807) is 42.5 Å². The first-order valence-corrected chi connectivity index (χ1v) is 12.9. The molecule has 0 aliphatic carbocycles. The van der Waals surface area contributed by atoms with Gasteiger partial charge in [-0.15, -0.1) is 0 Å². The maximum Gasteiger partial charge on any atom is 0.335 e. The average Bonchev–Trinajstić information content (AvgIpc) is 2.92. The lowest BCUT2D eigenvalue weighted by atomic mass is 10.0. The quantitative estimate of drug-likeness (QED) is 0.201. The van der Waals surface area contributed by atoms with Crippen LogP contribution >= 0.6 is 15.9 Å². The van der Waals surface area contributed by atoms with Crippen molar-refractivity contribution in [3.8, 4) is 5.75 Å². The fourth-order valence-corrected chi connectivity index (χ4v) is 4.69. The number of urea groups is 1. The number of amides is 4. The normalized spacial score (nSPS) is 14.5. The monoisotopic (exact) mass is 584 g/mol. The zero-order chi connectivity index (χ0) is 27.4. The van der Waals surface area contributed by atoms with Gasteiger partial charge in [-0.05, 0) is 77.2 Å². The molecule has 0 unspecified atom stereocenters. The molecule has 1 aliphatic heterocycles. The third-order valence-electron chi connectivity index (χ3n) is 6.12. The van der Waals surface area contributed by atoms with E-state index in [4.69, 9.17) is 4.74 Å². The first-order chi connectivity index (χ1) is 18.9. The maximum absolute atomic E-state index is 13.5. The van der Waals surface area contributed by atoms with Gasteiger partial charge < -0.3 is 4.74 Å². The summed E-state index contributed by atoms with van der Waals surface area (Å²) in [5.41, 5.74) is 3.44. The van der Waals surface area contributed by atoms with Crippen LogP contribution in [-0.2, 0) is 22.6 Å². The third kappa shape index (κ3) is 6.13. The van der Waals surface area contributed by atoms with Crippen molar-refractivity contribution in [1.29, 1.82) is 0 Å². The number of imide groups is 2. The van der Waals surface area contributed by atoms with Gasteiger partial charge in [0.1, 0.15) is 23.7 Å². The molecule has 1 fully saturated rings. The number of halogens is 2. The van der Waals surface area contributed by atoms with Crippen LogP contribution < -0.4 is 15.0 Å². The van der Waals surface area contributed by atoms with Crippen LogP contribution in [0.1, 0.15) is 22.3 Å². The van der Waals surface area contributed by atoms with E-state index in [1.165, 1.54) is 18.2 Å². The van der Waals surface area contributed by atoms with Crippen molar-refractivity contribution >= 4 is 45.5 Å². The summed E-state index contributed by atoms with van der Waals surface area (Å²) in [4.78, 5) is 39.4. The zero-order valence-electron chi connectivity index (χ0n) is 20.6. The molecule has 39 heavy (non-hydrogen) atoms. The van der Waals surface area contributed by atoms with Crippen molar-refractivity contribution in [3.05, 3.63) is 135 Å². The van der Waals surface area contributed by atoms with Crippen LogP contribution in [0.5, 0.6) is 5.75 Å². The summed E-state index contributed by atoms with van der Waals surface area (Å²) in [5, 5.41) is 2.23. The smallest absolute Gasteiger partial charge is 0.335 e. The number of rotatable bonds is 7. The second-order valence-corrected chi connectivity index (χ2v) is 9.74. The van der Waals surface area contributed by atoms with E-state index in [-0.39, 0.29) is 11.4 Å². The standard InChI is InChI=1S/C31H22BrFN2O4/c32-28-18-22(9-10-23(28)15-21-7-4-8-24(33)16-21)17-27-29(36)34-31(38)35(30(27)37)25-11-13-26(14-12-25)39-19-20-5-2-1-3-6-20/h1-14,16-18H,15,19H2,(H,34,36,38)/b27-17+. The topological polar surface area (TPSA) is 75.7 Å². The fourth-order valence-electron chi connectivity index (χ4n) is 4.15. The number of anilines is 1. The van der Waals surface area contributed by atoms with Crippen molar-refractivity contribution < 1.29 is 23.5 Å². The Bertz CT molecular complexity index is 1590. The number of hydrogen-bond donors (Lipinski definition) is 1. The van der Waals surface area contributed by atoms with Crippen LogP contribution in [0.4, 0.5) is 14.9 Å². The summed E-state index contributed by atoms with van der Waals surface area (Å²) in [7, 11) is 0. The van der Waals surface area contributed by atoms with E-state index in [0.29, 0.717) is 30.0 Å². The minimum atomic E-state index is -0.827. The average molecular weight is 585 g/mol. The van der Waals surface area contributed by atoms with E-state index in [2.05, 4.69) is 21.2 Å². The number of carbonyl (C=O) groups is 3. The predicted molar refractivity (Wildman–Crippen MR) is 150 cm³/mol. The third-order valence-corrected chi connectivity index (χ3v) is 6.85. The summed E-state index contributed by atoms with van der Waals surface area (Å²) < 4.78 is 20.1. The van der Waals surface area contributed by atoms with Crippen molar-refractivity contribution in [2.45, 2.75) is 13.0 Å². The van der Waals surface area contributed by atoms with Gasteiger partial charge in [-0.3, -0.25) is 14.9 Å². The molecular formula is C31H22BrFN2O4. The SMILES string of the molecule is O=C1NC(=O)N(c2ccc(OCc3ccccc3)cc2)C(=O)/C1=C/c1ccc(Cc2cccc(F)c2)c(Br)c1. The number of nitrogens with one attached hydrogen (secondary N) is 1. The molecule has 1 saturated heterocycles. The Kier molecular flexibility index (Phi) is 7.65. The van der Waals surface area contributed by atoms with Gasteiger partial charge >= 0.3 is 6.03 Å². The Labute approximate surface area is 232 Å². The molecular weight excluding hydrogens is 563 g/mol. The molecule has 0 bridgehead atoms. The lowest BCUT2D eigenvalue weighted by Crippen LogP contribution is -2.54. The molecule has 4 aromatic carbocycles. The number of hydrogen-bond acceptors (Lipinski definition) is 4. The molecule has 0 atom stereocenters. The van der Waals surface area contributed by atoms with E-state index in [0.717, 1.165) is 26.1 Å². The Morgan fingerprint density at radius 2 is 1.59 bits per heavy atom. The highest BCUT2D eigenvalue weighted by Gasteiger charge is 2.36. The van der Waals surface area contributed by atoms with Crippen LogP contribution in [0.3, 0.4) is 0 Å². The number of nitrogens with zero attached hydrogens (tertiary/aromatic N) is 1. The number of ether oxygens (including phenoxy) is 1. The van der Waals surface area contributed by atoms with Crippen molar-refractivity contribution in [1.82, 2.24) is 5.32 Å². The molecule has 1 heterocycles. The van der Waals surface area contributed by atoms with Crippen LogP contribution in [0, 0.1) is 5.82 Å². The van der Waals surface area contributed by atoms with E-state index >= 15 is 0 Å². The zero-order valence-corrected chi connectivity index (χ0v) is 22.2. The van der Waals surface area contributed by atoms with Crippen molar-refractivity contribution in [2.75, 3.05) is 4.90 Å². The van der Waals surface area contributed by atoms with Crippen LogP contribution in [-0.4, -0.2) is 17.8 Å². The van der Waals surface area contributed by atoms with Gasteiger partial charge in [-0.2, -0.15) is 0 Å². The van der Waals surface area contributed by atoms with Gasteiger partial charge in [-0.25, -0.2) is 14.1 Å². The molecule has 4 aromatic rings. The second-order valence-electron chi connectivity index (χ2n) is 8.88. The number of benzene rings is 4. The summed E-state index contributed by atoms with van der Waals surface area (Å²) in [6.45, 7) is 0.376. The Morgan fingerprint density at radius 1 is 0.846 bits per heavy atom. The highest BCUT2D eigenvalue weighted by molar-refractivity contribution is 9.10. The lowest BCUT2D eigenvalue weighted by molar-refractivity contribution is -0.122. The van der Waals surface area contributed by atoms with Gasteiger partial charge in [-0.1, -0.05) is 70.5 Å². The van der Waals surface area contributed by atoms with Gasteiger partial charge in [0.05, 0.1) is 5.69 Å². The largest absolute Gasteiger partial charge is 0.489 e. The molecule has 4 amide bonds. The minimum absolute atomic E-state index is 0.177. The summed E-state index contributed by atoms with van der Waals surface area (Å²) in [6, 6.07) is 27.1. The number of barbiturate groups is 1. The number of carbonyl (C=O) groups excluding carboxylic acids is 3. The molecule has 8 heteroatoms. The highest BCUT2D eigenvalue weighted by Crippen LogP contribution is 2.27.